The first-order chi connectivity index (χ1) is 10.3. The van der Waals surface area contributed by atoms with Gasteiger partial charge in [-0.2, -0.15) is 0 Å². The molecule has 1 unspecified atom stereocenters. The number of pyridine rings is 1. The quantitative estimate of drug-likeness (QED) is 0.904. The lowest BCUT2D eigenvalue weighted by atomic mass is 9.75. The van der Waals surface area contributed by atoms with Gasteiger partial charge in [-0.05, 0) is 30.0 Å². The van der Waals surface area contributed by atoms with Gasteiger partial charge < -0.3 is 11.5 Å². The Bertz CT molecular complexity index is 697. The van der Waals surface area contributed by atoms with E-state index in [0.717, 1.165) is 18.4 Å². The molecule has 0 radical (unpaired) electrons. The molecule has 0 amide bonds. The fraction of sp³-hybridized carbons (Fsp3) is 0.278. The van der Waals surface area contributed by atoms with E-state index in [0.29, 0.717) is 13.1 Å². The summed E-state index contributed by atoms with van der Waals surface area (Å²) in [6, 6.07) is 10.4. The van der Waals surface area contributed by atoms with Gasteiger partial charge in [0, 0.05) is 30.1 Å². The van der Waals surface area contributed by atoms with Crippen LogP contribution >= 0.6 is 0 Å². The van der Waals surface area contributed by atoms with Crippen LogP contribution < -0.4 is 11.5 Å². The number of hydrogen-bond acceptors (Lipinski definition) is 3. The molecule has 0 bridgehead atoms. The van der Waals surface area contributed by atoms with E-state index in [9.17, 15) is 0 Å². The van der Waals surface area contributed by atoms with Crippen LogP contribution in [0.5, 0.6) is 0 Å². The minimum Gasteiger partial charge on any atom is -0.330 e. The van der Waals surface area contributed by atoms with Gasteiger partial charge in [0.2, 0.25) is 0 Å². The van der Waals surface area contributed by atoms with Crippen molar-refractivity contribution in [1.29, 1.82) is 0 Å². The minimum absolute atomic E-state index is 0.0233. The van der Waals surface area contributed by atoms with Gasteiger partial charge in [-0.3, -0.25) is 4.98 Å². The van der Waals surface area contributed by atoms with Crippen LogP contribution in [0.25, 0.3) is 10.9 Å². The molecule has 1 atom stereocenters. The second-order valence-electron chi connectivity index (χ2n) is 5.76. The Balaban J connectivity index is 1.94. The zero-order chi connectivity index (χ0) is 14.7. The molecule has 0 spiro atoms. The Morgan fingerprint density at radius 3 is 2.71 bits per heavy atom. The lowest BCUT2D eigenvalue weighted by Gasteiger charge is -2.31. The molecule has 0 saturated carbocycles. The largest absolute Gasteiger partial charge is 0.330 e. The zero-order valence-corrected chi connectivity index (χ0v) is 12.1. The maximum atomic E-state index is 6.08. The van der Waals surface area contributed by atoms with Crippen molar-refractivity contribution in [2.24, 2.45) is 16.9 Å². The number of rotatable bonds is 4. The van der Waals surface area contributed by atoms with Gasteiger partial charge in [0.1, 0.15) is 0 Å². The summed E-state index contributed by atoms with van der Waals surface area (Å²) in [5, 5.41) is 1.18. The fourth-order valence-electron chi connectivity index (χ4n) is 2.95. The van der Waals surface area contributed by atoms with Crippen LogP contribution in [0.4, 0.5) is 0 Å². The highest BCUT2D eigenvalue weighted by Crippen LogP contribution is 2.34. The van der Waals surface area contributed by atoms with Crippen LogP contribution in [0.15, 0.2) is 60.3 Å². The molecule has 3 heteroatoms. The third-order valence-corrected chi connectivity index (χ3v) is 4.32. The highest BCUT2D eigenvalue weighted by atomic mass is 14.7. The second kappa shape index (κ2) is 5.80. The maximum absolute atomic E-state index is 6.08. The smallest absolute Gasteiger partial charge is 0.0734 e. The number of nitrogens with zero attached hydrogens (tertiary/aromatic N) is 1. The molecule has 108 valence electrons. The summed E-state index contributed by atoms with van der Waals surface area (Å²) in [5.41, 5.74) is 15.3. The number of nitrogens with two attached hydrogens (primary N) is 2. The van der Waals surface area contributed by atoms with Gasteiger partial charge >= 0.3 is 0 Å². The van der Waals surface area contributed by atoms with Crippen molar-refractivity contribution in [3.63, 3.8) is 0 Å². The number of fused-ring (bicyclic) bond motifs is 1. The molecule has 1 aliphatic carbocycles. The van der Waals surface area contributed by atoms with Gasteiger partial charge in [0.05, 0.1) is 5.52 Å². The maximum Gasteiger partial charge on any atom is 0.0734 e. The van der Waals surface area contributed by atoms with Crippen LogP contribution in [0.3, 0.4) is 0 Å². The topological polar surface area (TPSA) is 64.9 Å². The molecule has 0 saturated heterocycles. The third-order valence-electron chi connectivity index (χ3n) is 4.32. The van der Waals surface area contributed by atoms with E-state index in [1.165, 1.54) is 16.5 Å². The summed E-state index contributed by atoms with van der Waals surface area (Å²) in [5.74, 6) is 0. The zero-order valence-electron chi connectivity index (χ0n) is 12.1. The van der Waals surface area contributed by atoms with E-state index in [-0.39, 0.29) is 5.41 Å². The van der Waals surface area contributed by atoms with Gasteiger partial charge in [-0.15, -0.1) is 0 Å². The molecule has 4 N–H and O–H groups in total. The lowest BCUT2D eigenvalue weighted by molar-refractivity contribution is 0.392. The van der Waals surface area contributed by atoms with E-state index in [2.05, 4.69) is 47.5 Å². The molecule has 0 aliphatic heterocycles. The molecule has 0 fully saturated rings. The van der Waals surface area contributed by atoms with Crippen molar-refractivity contribution in [3.8, 4) is 0 Å². The molecular weight excluding hydrogens is 258 g/mol. The van der Waals surface area contributed by atoms with Crippen molar-refractivity contribution in [1.82, 2.24) is 4.98 Å². The highest BCUT2D eigenvalue weighted by Gasteiger charge is 2.27. The number of allylic oxidation sites excluding steroid dienone is 1. The summed E-state index contributed by atoms with van der Waals surface area (Å²) >= 11 is 0. The predicted molar refractivity (Wildman–Crippen MR) is 87.8 cm³/mol. The van der Waals surface area contributed by atoms with E-state index in [1.807, 2.05) is 12.3 Å². The van der Waals surface area contributed by atoms with Crippen molar-refractivity contribution in [2.45, 2.75) is 12.8 Å². The Morgan fingerprint density at radius 1 is 1.14 bits per heavy atom. The average Bonchev–Trinajstić information content (AvgIpc) is 2.56. The summed E-state index contributed by atoms with van der Waals surface area (Å²) in [4.78, 5) is 4.54. The molecular formula is C18H21N3. The first kappa shape index (κ1) is 14.0. The van der Waals surface area contributed by atoms with Crippen molar-refractivity contribution in [2.75, 3.05) is 13.1 Å². The Hall–Kier alpha value is -1.97. The monoisotopic (exact) mass is 279 g/mol. The number of aromatic nitrogens is 1. The summed E-state index contributed by atoms with van der Waals surface area (Å²) in [6.45, 7) is 1.22. The first-order valence-corrected chi connectivity index (χ1v) is 7.37. The number of para-hydroxylation sites is 1. The predicted octanol–water partition coefficient (Wildman–Crippen LogP) is 2.57. The van der Waals surface area contributed by atoms with Crippen LogP contribution in [0.2, 0.25) is 0 Å². The Labute approximate surface area is 125 Å². The highest BCUT2D eigenvalue weighted by molar-refractivity contribution is 5.81. The molecule has 1 aromatic heterocycles. The lowest BCUT2D eigenvalue weighted by Crippen LogP contribution is -2.32. The molecule has 3 nitrogen and oxygen atoms in total. The number of hydrogen-bond donors (Lipinski definition) is 2. The second-order valence-corrected chi connectivity index (χ2v) is 5.76. The Kier molecular flexibility index (Phi) is 3.86. The number of benzene rings is 1. The van der Waals surface area contributed by atoms with Gasteiger partial charge in [0.25, 0.3) is 0 Å². The van der Waals surface area contributed by atoms with Crippen LogP contribution in [-0.2, 0) is 6.42 Å². The van der Waals surface area contributed by atoms with Gasteiger partial charge in [-0.25, -0.2) is 0 Å². The van der Waals surface area contributed by atoms with E-state index in [4.69, 9.17) is 11.5 Å². The first-order valence-electron chi connectivity index (χ1n) is 7.37. The fourth-order valence-corrected chi connectivity index (χ4v) is 2.95. The van der Waals surface area contributed by atoms with Crippen LogP contribution in [0, 0.1) is 5.41 Å². The van der Waals surface area contributed by atoms with Crippen LogP contribution in [-0.4, -0.2) is 18.1 Å². The van der Waals surface area contributed by atoms with Crippen molar-refractivity contribution < 1.29 is 0 Å². The summed E-state index contributed by atoms with van der Waals surface area (Å²) < 4.78 is 0. The van der Waals surface area contributed by atoms with E-state index in [1.54, 1.807) is 0 Å². The minimum atomic E-state index is -0.0233. The molecule has 1 aliphatic rings. The normalized spacial score (nSPS) is 21.5. The summed E-state index contributed by atoms with van der Waals surface area (Å²) in [7, 11) is 0. The SMILES string of the molecule is NCC1=CCC(CN)(Cc2cccc3cccnc23)C=C1. The molecule has 1 heterocycles. The van der Waals surface area contributed by atoms with Crippen LogP contribution in [0.1, 0.15) is 12.0 Å². The summed E-state index contributed by atoms with van der Waals surface area (Å²) in [6.07, 6.45) is 10.3. The standard InChI is InChI=1S/C18H21N3/c19-12-14-6-8-18(13-20,9-7-14)11-16-4-1-3-15-5-2-10-21-17(15)16/h1-8,10H,9,11-13,19-20H2. The van der Waals surface area contributed by atoms with Gasteiger partial charge in [-0.1, -0.05) is 42.5 Å². The molecule has 1 aromatic carbocycles. The van der Waals surface area contributed by atoms with Gasteiger partial charge in [0.15, 0.2) is 0 Å². The molecule has 21 heavy (non-hydrogen) atoms. The van der Waals surface area contributed by atoms with E-state index < -0.39 is 0 Å². The average molecular weight is 279 g/mol. The Morgan fingerprint density at radius 2 is 2.00 bits per heavy atom. The van der Waals surface area contributed by atoms with E-state index >= 15 is 0 Å². The molecule has 3 rings (SSSR count). The molecule has 2 aromatic rings. The van der Waals surface area contributed by atoms with Crippen molar-refractivity contribution in [3.05, 3.63) is 65.9 Å². The van der Waals surface area contributed by atoms with Crippen molar-refractivity contribution >= 4 is 10.9 Å². The third kappa shape index (κ3) is 2.75.